The third kappa shape index (κ3) is 2.87. The standard InChI is InChI=1S/C19H24N2/c1-13-10-14(2)12-16(11-13)19(21-20)18-9-4-3-8-17(18)15-6-5-7-15/h3-4,8-12,15,19,21H,5-7,20H2,1-2H3. The summed E-state index contributed by atoms with van der Waals surface area (Å²) in [6.07, 6.45) is 3.96. The molecule has 0 spiro atoms. The van der Waals surface area contributed by atoms with E-state index >= 15 is 0 Å². The zero-order valence-corrected chi connectivity index (χ0v) is 12.9. The minimum absolute atomic E-state index is 0.0698. The quantitative estimate of drug-likeness (QED) is 0.653. The van der Waals surface area contributed by atoms with Crippen molar-refractivity contribution in [1.82, 2.24) is 5.43 Å². The Morgan fingerprint density at radius 2 is 1.71 bits per heavy atom. The normalized spacial score (nSPS) is 16.5. The maximum absolute atomic E-state index is 5.92. The van der Waals surface area contributed by atoms with Gasteiger partial charge in [-0.2, -0.15) is 0 Å². The summed E-state index contributed by atoms with van der Waals surface area (Å²) < 4.78 is 0. The van der Waals surface area contributed by atoms with Gasteiger partial charge in [0.25, 0.3) is 0 Å². The molecule has 2 nitrogen and oxygen atoms in total. The Kier molecular flexibility index (Phi) is 4.09. The summed E-state index contributed by atoms with van der Waals surface area (Å²) in [6.45, 7) is 4.28. The fraction of sp³-hybridized carbons (Fsp3) is 0.368. The summed E-state index contributed by atoms with van der Waals surface area (Å²) in [6, 6.07) is 15.5. The van der Waals surface area contributed by atoms with Crippen molar-refractivity contribution in [3.8, 4) is 0 Å². The van der Waals surface area contributed by atoms with Gasteiger partial charge in [-0.1, -0.05) is 60.0 Å². The fourth-order valence-corrected chi connectivity index (χ4v) is 3.41. The van der Waals surface area contributed by atoms with Crippen molar-refractivity contribution in [2.45, 2.75) is 45.1 Å². The molecular formula is C19H24N2. The number of aryl methyl sites for hydroxylation is 2. The van der Waals surface area contributed by atoms with Crippen molar-refractivity contribution < 1.29 is 0 Å². The van der Waals surface area contributed by atoms with Gasteiger partial charge in [-0.25, -0.2) is 5.43 Å². The molecular weight excluding hydrogens is 256 g/mol. The van der Waals surface area contributed by atoms with Crippen LogP contribution in [-0.4, -0.2) is 0 Å². The van der Waals surface area contributed by atoms with Crippen LogP contribution in [0.5, 0.6) is 0 Å². The van der Waals surface area contributed by atoms with E-state index < -0.39 is 0 Å². The summed E-state index contributed by atoms with van der Waals surface area (Å²) in [7, 11) is 0. The smallest absolute Gasteiger partial charge is 0.0713 e. The maximum Gasteiger partial charge on any atom is 0.0713 e. The Morgan fingerprint density at radius 3 is 2.29 bits per heavy atom. The van der Waals surface area contributed by atoms with Gasteiger partial charge in [-0.3, -0.25) is 5.84 Å². The molecule has 0 bridgehead atoms. The number of nitrogens with one attached hydrogen (secondary N) is 1. The van der Waals surface area contributed by atoms with E-state index in [0.29, 0.717) is 5.92 Å². The SMILES string of the molecule is Cc1cc(C)cc(C(NN)c2ccccc2C2CCC2)c1. The first-order valence-corrected chi connectivity index (χ1v) is 7.82. The van der Waals surface area contributed by atoms with Crippen LogP contribution >= 0.6 is 0 Å². The number of rotatable bonds is 4. The second-order valence-corrected chi connectivity index (χ2v) is 6.28. The Hall–Kier alpha value is -1.64. The van der Waals surface area contributed by atoms with Gasteiger partial charge in [0.1, 0.15) is 0 Å². The topological polar surface area (TPSA) is 38.0 Å². The van der Waals surface area contributed by atoms with Crippen LogP contribution in [0.3, 0.4) is 0 Å². The molecule has 1 aliphatic rings. The minimum Gasteiger partial charge on any atom is -0.271 e. The van der Waals surface area contributed by atoms with E-state index in [1.807, 2.05) is 0 Å². The molecule has 2 aromatic rings. The third-order valence-corrected chi connectivity index (χ3v) is 4.60. The highest BCUT2D eigenvalue weighted by molar-refractivity contribution is 5.42. The molecule has 1 saturated carbocycles. The number of nitrogens with two attached hydrogens (primary N) is 1. The fourth-order valence-electron chi connectivity index (χ4n) is 3.41. The average Bonchev–Trinajstić information content (AvgIpc) is 2.38. The van der Waals surface area contributed by atoms with Crippen molar-refractivity contribution in [1.29, 1.82) is 0 Å². The lowest BCUT2D eigenvalue weighted by Gasteiger charge is -2.30. The summed E-state index contributed by atoms with van der Waals surface area (Å²) in [5.41, 5.74) is 9.64. The summed E-state index contributed by atoms with van der Waals surface area (Å²) in [5.74, 6) is 6.63. The summed E-state index contributed by atoms with van der Waals surface area (Å²) in [4.78, 5) is 0. The van der Waals surface area contributed by atoms with E-state index in [2.05, 4.69) is 61.7 Å². The molecule has 0 heterocycles. The van der Waals surface area contributed by atoms with E-state index in [9.17, 15) is 0 Å². The number of hydrogen-bond acceptors (Lipinski definition) is 2. The number of benzene rings is 2. The molecule has 1 aliphatic carbocycles. The van der Waals surface area contributed by atoms with Crippen molar-refractivity contribution >= 4 is 0 Å². The molecule has 1 unspecified atom stereocenters. The molecule has 110 valence electrons. The first kappa shape index (κ1) is 14.3. The molecule has 0 aromatic heterocycles. The average molecular weight is 280 g/mol. The van der Waals surface area contributed by atoms with Crippen LogP contribution in [0.4, 0.5) is 0 Å². The van der Waals surface area contributed by atoms with Crippen molar-refractivity contribution in [3.63, 3.8) is 0 Å². The lowest BCUT2D eigenvalue weighted by Crippen LogP contribution is -2.30. The van der Waals surface area contributed by atoms with Gasteiger partial charge in [-0.15, -0.1) is 0 Å². The van der Waals surface area contributed by atoms with Crippen molar-refractivity contribution in [3.05, 3.63) is 70.3 Å². The molecule has 0 amide bonds. The number of hydrazine groups is 1. The van der Waals surface area contributed by atoms with Gasteiger partial charge in [0.15, 0.2) is 0 Å². The molecule has 1 atom stereocenters. The predicted octanol–water partition coefficient (Wildman–Crippen LogP) is 4.12. The van der Waals surface area contributed by atoms with Gasteiger partial charge in [0.05, 0.1) is 6.04 Å². The maximum atomic E-state index is 5.92. The first-order valence-electron chi connectivity index (χ1n) is 7.82. The molecule has 0 saturated heterocycles. The molecule has 0 aliphatic heterocycles. The van der Waals surface area contributed by atoms with Crippen LogP contribution in [0.2, 0.25) is 0 Å². The second-order valence-electron chi connectivity index (χ2n) is 6.28. The minimum atomic E-state index is 0.0698. The van der Waals surface area contributed by atoms with Crippen LogP contribution in [0.1, 0.15) is 59.0 Å². The predicted molar refractivity (Wildman–Crippen MR) is 88.1 cm³/mol. The van der Waals surface area contributed by atoms with Gasteiger partial charge >= 0.3 is 0 Å². The van der Waals surface area contributed by atoms with E-state index in [-0.39, 0.29) is 6.04 Å². The molecule has 21 heavy (non-hydrogen) atoms. The van der Waals surface area contributed by atoms with Crippen LogP contribution in [-0.2, 0) is 0 Å². The molecule has 3 rings (SSSR count). The summed E-state index contributed by atoms with van der Waals surface area (Å²) >= 11 is 0. The van der Waals surface area contributed by atoms with E-state index in [0.717, 1.165) is 0 Å². The van der Waals surface area contributed by atoms with E-state index in [4.69, 9.17) is 5.84 Å². The number of hydrogen-bond donors (Lipinski definition) is 2. The lowest BCUT2D eigenvalue weighted by molar-refractivity contribution is 0.414. The Bertz CT molecular complexity index is 609. The largest absolute Gasteiger partial charge is 0.271 e. The van der Waals surface area contributed by atoms with Gasteiger partial charge in [0.2, 0.25) is 0 Å². The van der Waals surface area contributed by atoms with Gasteiger partial charge < -0.3 is 0 Å². The molecule has 2 heteroatoms. The molecule has 1 fully saturated rings. The van der Waals surface area contributed by atoms with E-state index in [1.165, 1.54) is 47.1 Å². The van der Waals surface area contributed by atoms with Crippen LogP contribution in [0.15, 0.2) is 42.5 Å². The Labute approximate surface area is 127 Å². The van der Waals surface area contributed by atoms with Crippen LogP contribution in [0.25, 0.3) is 0 Å². The monoisotopic (exact) mass is 280 g/mol. The first-order chi connectivity index (χ1) is 10.2. The highest BCUT2D eigenvalue weighted by atomic mass is 15.2. The molecule has 0 radical (unpaired) electrons. The highest BCUT2D eigenvalue weighted by Gasteiger charge is 2.25. The molecule has 2 aromatic carbocycles. The molecule has 3 N–H and O–H groups in total. The third-order valence-electron chi connectivity index (χ3n) is 4.60. The highest BCUT2D eigenvalue weighted by Crippen LogP contribution is 2.40. The van der Waals surface area contributed by atoms with Crippen LogP contribution in [0, 0.1) is 13.8 Å². The summed E-state index contributed by atoms with van der Waals surface area (Å²) in [5, 5.41) is 0. The zero-order chi connectivity index (χ0) is 14.8. The van der Waals surface area contributed by atoms with Crippen molar-refractivity contribution in [2.24, 2.45) is 5.84 Å². The van der Waals surface area contributed by atoms with Crippen molar-refractivity contribution in [2.75, 3.05) is 0 Å². The second kappa shape index (κ2) is 6.00. The Balaban J connectivity index is 2.03. The lowest BCUT2D eigenvalue weighted by atomic mass is 9.76. The van der Waals surface area contributed by atoms with E-state index in [1.54, 1.807) is 0 Å². The van der Waals surface area contributed by atoms with Gasteiger partial charge in [-0.05, 0) is 49.3 Å². The van der Waals surface area contributed by atoms with Crippen LogP contribution < -0.4 is 11.3 Å². The van der Waals surface area contributed by atoms with Gasteiger partial charge in [0, 0.05) is 0 Å². The Morgan fingerprint density at radius 1 is 1.05 bits per heavy atom. The zero-order valence-electron chi connectivity index (χ0n) is 12.9.